The van der Waals surface area contributed by atoms with Crippen LogP contribution in [0.1, 0.15) is 47.2 Å². The molecule has 0 saturated carbocycles. The van der Waals surface area contributed by atoms with Crippen molar-refractivity contribution in [2.24, 2.45) is 0 Å². The molecule has 2 aromatic carbocycles. The van der Waals surface area contributed by atoms with E-state index in [4.69, 9.17) is 0 Å². The summed E-state index contributed by atoms with van der Waals surface area (Å²) < 4.78 is 28.2. The fraction of sp³-hybridized carbons (Fsp3) is 0.360. The van der Waals surface area contributed by atoms with Gasteiger partial charge in [0, 0.05) is 43.3 Å². The number of hydrogen-bond donors (Lipinski definition) is 1. The van der Waals surface area contributed by atoms with E-state index in [0.29, 0.717) is 38.1 Å². The molecule has 1 N–H and O–H groups in total. The number of hydrogen-bond acceptors (Lipinski definition) is 4. The summed E-state index contributed by atoms with van der Waals surface area (Å²) in [6.45, 7) is 1.98. The minimum Gasteiger partial charge on any atom is -0.360 e. The number of fused-ring (bicyclic) bond motifs is 2. The molecule has 2 aliphatic heterocycles. The molecule has 2 aliphatic rings. The van der Waals surface area contributed by atoms with Gasteiger partial charge in [0.15, 0.2) is 0 Å². The Kier molecular flexibility index (Phi) is 5.80. The van der Waals surface area contributed by atoms with Gasteiger partial charge in [0.2, 0.25) is 15.5 Å². The van der Waals surface area contributed by atoms with Crippen molar-refractivity contribution in [2.75, 3.05) is 19.6 Å². The van der Waals surface area contributed by atoms with Crippen molar-refractivity contribution in [3.05, 3.63) is 75.6 Å². The minimum atomic E-state index is -3.79. The number of likely N-dealkylation sites (tertiary alicyclic amines) is 1. The molecule has 1 fully saturated rings. The third-order valence-electron chi connectivity index (χ3n) is 6.71. The van der Waals surface area contributed by atoms with E-state index in [1.165, 1.54) is 22.6 Å². The number of nitrogens with zero attached hydrogens (tertiary/aromatic N) is 2. The second-order valence-corrected chi connectivity index (χ2v) is 10.7. The SMILES string of the molecule is O=C(c1c[nH]c2ccc(S(=O)(=O)N3CCc4ccccc4C3)cc2c1=O)N1CCCCCC1. The maximum absolute atomic E-state index is 13.4. The number of benzene rings is 2. The van der Waals surface area contributed by atoms with Crippen LogP contribution >= 0.6 is 0 Å². The van der Waals surface area contributed by atoms with Crippen LogP contribution in [0, 0.1) is 0 Å². The molecule has 1 aromatic heterocycles. The normalized spacial score (nSPS) is 17.5. The van der Waals surface area contributed by atoms with Gasteiger partial charge in [-0.25, -0.2) is 8.42 Å². The van der Waals surface area contributed by atoms with Crippen LogP contribution < -0.4 is 5.43 Å². The van der Waals surface area contributed by atoms with Gasteiger partial charge in [-0.3, -0.25) is 9.59 Å². The molecule has 0 atom stereocenters. The quantitative estimate of drug-likeness (QED) is 0.643. The van der Waals surface area contributed by atoms with E-state index in [2.05, 4.69) is 4.98 Å². The van der Waals surface area contributed by atoms with Gasteiger partial charge >= 0.3 is 0 Å². The van der Waals surface area contributed by atoms with Crippen LogP contribution in [-0.4, -0.2) is 48.1 Å². The molecule has 0 radical (unpaired) electrons. The van der Waals surface area contributed by atoms with Crippen molar-refractivity contribution >= 4 is 26.8 Å². The molecule has 0 bridgehead atoms. The Labute approximate surface area is 193 Å². The molecular formula is C25H27N3O4S. The van der Waals surface area contributed by atoms with Gasteiger partial charge in [-0.2, -0.15) is 4.31 Å². The van der Waals surface area contributed by atoms with Gasteiger partial charge in [-0.1, -0.05) is 37.1 Å². The summed E-state index contributed by atoms with van der Waals surface area (Å²) in [5, 5.41) is 0.217. The van der Waals surface area contributed by atoms with Crippen molar-refractivity contribution in [3.63, 3.8) is 0 Å². The fourth-order valence-corrected chi connectivity index (χ4v) is 6.23. The molecule has 7 nitrogen and oxygen atoms in total. The first kappa shape index (κ1) is 21.9. The molecule has 1 saturated heterocycles. The molecule has 1 amide bonds. The monoisotopic (exact) mass is 465 g/mol. The Morgan fingerprint density at radius 2 is 1.64 bits per heavy atom. The lowest BCUT2D eigenvalue weighted by Gasteiger charge is -2.28. The highest BCUT2D eigenvalue weighted by Gasteiger charge is 2.29. The molecule has 0 spiro atoms. The number of carbonyl (C=O) groups excluding carboxylic acids is 1. The molecule has 0 unspecified atom stereocenters. The lowest BCUT2D eigenvalue weighted by Crippen LogP contribution is -2.36. The van der Waals surface area contributed by atoms with Crippen molar-refractivity contribution in [1.29, 1.82) is 0 Å². The molecular weight excluding hydrogens is 438 g/mol. The third kappa shape index (κ3) is 4.09. The molecule has 0 aliphatic carbocycles. The summed E-state index contributed by atoms with van der Waals surface area (Å²) in [5.74, 6) is -0.291. The number of rotatable bonds is 3. The second-order valence-electron chi connectivity index (χ2n) is 8.80. The summed E-state index contributed by atoms with van der Waals surface area (Å²) in [6.07, 6.45) is 6.13. The third-order valence-corrected chi connectivity index (χ3v) is 8.55. The largest absolute Gasteiger partial charge is 0.360 e. The zero-order chi connectivity index (χ0) is 23.0. The Morgan fingerprint density at radius 1 is 0.909 bits per heavy atom. The second kappa shape index (κ2) is 8.76. The summed E-state index contributed by atoms with van der Waals surface area (Å²) in [5.41, 5.74) is 2.30. The lowest BCUT2D eigenvalue weighted by molar-refractivity contribution is 0.0760. The predicted octanol–water partition coefficient (Wildman–Crippen LogP) is 3.29. The van der Waals surface area contributed by atoms with Crippen molar-refractivity contribution < 1.29 is 13.2 Å². The number of aromatic amines is 1. The van der Waals surface area contributed by atoms with Crippen LogP contribution in [-0.2, 0) is 23.0 Å². The number of carbonyl (C=O) groups is 1. The maximum atomic E-state index is 13.4. The summed E-state index contributed by atoms with van der Waals surface area (Å²) in [4.78, 5) is 31.1. The van der Waals surface area contributed by atoms with Gasteiger partial charge in [-0.05, 0) is 48.6 Å². The van der Waals surface area contributed by atoms with Gasteiger partial charge in [-0.15, -0.1) is 0 Å². The Bertz CT molecular complexity index is 1370. The molecule has 3 heterocycles. The van der Waals surface area contributed by atoms with E-state index >= 15 is 0 Å². The van der Waals surface area contributed by atoms with Crippen molar-refractivity contribution in [1.82, 2.24) is 14.2 Å². The van der Waals surface area contributed by atoms with Crippen LogP contribution in [0.25, 0.3) is 10.9 Å². The zero-order valence-corrected chi connectivity index (χ0v) is 19.2. The Morgan fingerprint density at radius 3 is 2.39 bits per heavy atom. The van der Waals surface area contributed by atoms with Crippen LogP contribution in [0.15, 0.2) is 58.4 Å². The van der Waals surface area contributed by atoms with Gasteiger partial charge in [0.25, 0.3) is 5.91 Å². The smallest absolute Gasteiger partial charge is 0.259 e. The molecule has 8 heteroatoms. The van der Waals surface area contributed by atoms with Gasteiger partial charge in [0.05, 0.1) is 4.90 Å². The number of sulfonamides is 1. The number of nitrogens with one attached hydrogen (secondary N) is 1. The van der Waals surface area contributed by atoms with E-state index < -0.39 is 15.5 Å². The molecule has 3 aromatic rings. The first-order chi connectivity index (χ1) is 15.9. The van der Waals surface area contributed by atoms with Crippen molar-refractivity contribution in [2.45, 2.75) is 43.5 Å². The van der Waals surface area contributed by atoms with E-state index in [1.807, 2.05) is 24.3 Å². The minimum absolute atomic E-state index is 0.0610. The molecule has 33 heavy (non-hydrogen) atoms. The van der Waals surface area contributed by atoms with Crippen LogP contribution in [0.5, 0.6) is 0 Å². The summed E-state index contributed by atoms with van der Waals surface area (Å²) >= 11 is 0. The van der Waals surface area contributed by atoms with Crippen LogP contribution in [0.2, 0.25) is 0 Å². The average molecular weight is 466 g/mol. The molecule has 172 valence electrons. The number of pyridine rings is 1. The standard InChI is InChI=1S/C25H27N3O4S/c29-24-21-15-20(33(31,32)28-14-11-18-7-3-4-8-19(18)17-28)9-10-23(21)26-16-22(24)25(30)27-12-5-1-2-6-13-27/h3-4,7-10,15-16H,1-2,5-6,11-14,17H2,(H,26,29). The Hall–Kier alpha value is -2.97. The van der Waals surface area contributed by atoms with E-state index in [0.717, 1.165) is 36.8 Å². The topological polar surface area (TPSA) is 90.5 Å². The maximum Gasteiger partial charge on any atom is 0.259 e. The van der Waals surface area contributed by atoms with E-state index in [9.17, 15) is 18.0 Å². The zero-order valence-electron chi connectivity index (χ0n) is 18.4. The number of amides is 1. The van der Waals surface area contributed by atoms with E-state index in [1.54, 1.807) is 11.0 Å². The number of H-pyrrole nitrogens is 1. The summed E-state index contributed by atoms with van der Waals surface area (Å²) in [6, 6.07) is 12.4. The Balaban J connectivity index is 1.49. The van der Waals surface area contributed by atoms with Crippen molar-refractivity contribution in [3.8, 4) is 0 Å². The van der Waals surface area contributed by atoms with Crippen LogP contribution in [0.3, 0.4) is 0 Å². The highest BCUT2D eigenvalue weighted by molar-refractivity contribution is 7.89. The highest BCUT2D eigenvalue weighted by Crippen LogP contribution is 2.26. The van der Waals surface area contributed by atoms with Gasteiger partial charge in [0.1, 0.15) is 5.56 Å². The fourth-order valence-electron chi connectivity index (χ4n) is 4.79. The molecule has 5 rings (SSSR count). The highest BCUT2D eigenvalue weighted by atomic mass is 32.2. The van der Waals surface area contributed by atoms with E-state index in [-0.39, 0.29) is 21.8 Å². The first-order valence-electron chi connectivity index (χ1n) is 11.5. The number of aromatic nitrogens is 1. The van der Waals surface area contributed by atoms with Crippen LogP contribution in [0.4, 0.5) is 0 Å². The van der Waals surface area contributed by atoms with Gasteiger partial charge < -0.3 is 9.88 Å². The average Bonchev–Trinajstić information content (AvgIpc) is 3.13. The summed E-state index contributed by atoms with van der Waals surface area (Å²) in [7, 11) is -3.79. The predicted molar refractivity (Wildman–Crippen MR) is 127 cm³/mol. The first-order valence-corrected chi connectivity index (χ1v) is 12.9. The lowest BCUT2D eigenvalue weighted by atomic mass is 10.0.